The van der Waals surface area contributed by atoms with Gasteiger partial charge >= 0.3 is 4.87 Å². The van der Waals surface area contributed by atoms with E-state index in [9.17, 15) is 13.2 Å². The van der Waals surface area contributed by atoms with E-state index in [1.807, 2.05) is 45.0 Å². The third-order valence-electron chi connectivity index (χ3n) is 4.54. The molecule has 0 fully saturated rings. The van der Waals surface area contributed by atoms with Crippen molar-refractivity contribution >= 4 is 31.6 Å². The summed E-state index contributed by atoms with van der Waals surface area (Å²) in [4.78, 5) is 12.1. The van der Waals surface area contributed by atoms with Crippen LogP contribution in [0.2, 0.25) is 0 Å². The fourth-order valence-electron chi connectivity index (χ4n) is 3.11. The first kappa shape index (κ1) is 18.8. The summed E-state index contributed by atoms with van der Waals surface area (Å²) in [5.41, 5.74) is 2.80. The third kappa shape index (κ3) is 3.47. The molecule has 3 aromatic rings. The van der Waals surface area contributed by atoms with Gasteiger partial charge in [0.15, 0.2) is 0 Å². The lowest BCUT2D eigenvalue weighted by Crippen LogP contribution is -2.28. The lowest BCUT2D eigenvalue weighted by atomic mass is 10.0. The molecule has 0 aliphatic heterocycles. The molecule has 1 unspecified atom stereocenters. The fourth-order valence-corrected chi connectivity index (χ4v) is 5.51. The molecule has 0 spiro atoms. The van der Waals surface area contributed by atoms with Crippen LogP contribution < -0.4 is 9.60 Å². The van der Waals surface area contributed by atoms with Gasteiger partial charge in [-0.3, -0.25) is 9.36 Å². The monoisotopic (exact) mass is 390 g/mol. The molecule has 0 radical (unpaired) electrons. The molecule has 0 amide bonds. The lowest BCUT2D eigenvalue weighted by molar-refractivity contribution is 0.549. The van der Waals surface area contributed by atoms with Crippen molar-refractivity contribution in [3.63, 3.8) is 0 Å². The molecular formula is C19H22N2O3S2. The minimum absolute atomic E-state index is 0.0728. The second-order valence-corrected chi connectivity index (χ2v) is 8.89. The first-order valence-electron chi connectivity index (χ1n) is 8.58. The maximum Gasteiger partial charge on any atom is 0.308 e. The maximum atomic E-state index is 12.9. The van der Waals surface area contributed by atoms with E-state index >= 15 is 0 Å². The molecule has 0 aliphatic carbocycles. The minimum atomic E-state index is -3.69. The van der Waals surface area contributed by atoms with Crippen molar-refractivity contribution in [2.45, 2.75) is 44.7 Å². The van der Waals surface area contributed by atoms with Crippen molar-refractivity contribution in [3.8, 4) is 0 Å². The van der Waals surface area contributed by atoms with Gasteiger partial charge in [-0.15, -0.1) is 0 Å². The van der Waals surface area contributed by atoms with Crippen LogP contribution in [0.25, 0.3) is 10.2 Å². The second kappa shape index (κ2) is 7.34. The van der Waals surface area contributed by atoms with Crippen molar-refractivity contribution in [2.75, 3.05) is 0 Å². The smallest absolute Gasteiger partial charge is 0.299 e. The standard InChI is InChI=1S/C19H22N2O3S2/c1-4-16(15-9-7-6-8-13(15)3)20-26(23,24)14-10-11-17-18(12-14)25-19(22)21(17)5-2/h6-12,16,20H,4-5H2,1-3H3. The fraction of sp³-hybridized carbons (Fsp3) is 0.316. The molecule has 138 valence electrons. The molecule has 1 atom stereocenters. The summed E-state index contributed by atoms with van der Waals surface area (Å²) in [5, 5.41) is 0. The molecule has 1 heterocycles. The number of nitrogens with one attached hydrogen (secondary N) is 1. The number of benzene rings is 2. The number of fused-ring (bicyclic) bond motifs is 1. The predicted octanol–water partition coefficient (Wildman–Crippen LogP) is 3.82. The summed E-state index contributed by atoms with van der Waals surface area (Å²) in [6.07, 6.45) is 0.645. The molecule has 0 bridgehead atoms. The number of hydrogen-bond acceptors (Lipinski definition) is 4. The van der Waals surface area contributed by atoms with E-state index in [4.69, 9.17) is 0 Å². The quantitative estimate of drug-likeness (QED) is 0.696. The van der Waals surface area contributed by atoms with Crippen LogP contribution in [0.15, 0.2) is 52.2 Å². The summed E-state index contributed by atoms with van der Waals surface area (Å²) in [7, 11) is -3.69. The largest absolute Gasteiger partial charge is 0.308 e. The first-order valence-corrected chi connectivity index (χ1v) is 10.9. The van der Waals surface area contributed by atoms with E-state index in [1.165, 1.54) is 0 Å². The number of sulfonamides is 1. The highest BCUT2D eigenvalue weighted by atomic mass is 32.2. The van der Waals surface area contributed by atoms with E-state index < -0.39 is 10.0 Å². The lowest BCUT2D eigenvalue weighted by Gasteiger charge is -2.19. The van der Waals surface area contributed by atoms with Crippen LogP contribution in [-0.2, 0) is 16.6 Å². The third-order valence-corrected chi connectivity index (χ3v) is 6.95. The van der Waals surface area contributed by atoms with Gasteiger partial charge < -0.3 is 0 Å². The number of aromatic nitrogens is 1. The van der Waals surface area contributed by atoms with E-state index in [0.29, 0.717) is 17.7 Å². The predicted molar refractivity (Wildman–Crippen MR) is 106 cm³/mol. The van der Waals surface area contributed by atoms with Gasteiger partial charge in [-0.1, -0.05) is 42.5 Å². The Morgan fingerprint density at radius 1 is 1.15 bits per heavy atom. The van der Waals surface area contributed by atoms with Crippen LogP contribution in [0.1, 0.15) is 37.4 Å². The number of hydrogen-bond donors (Lipinski definition) is 1. The zero-order valence-electron chi connectivity index (χ0n) is 15.0. The zero-order chi connectivity index (χ0) is 18.9. The van der Waals surface area contributed by atoms with E-state index in [2.05, 4.69) is 4.72 Å². The molecular weight excluding hydrogens is 368 g/mol. The topological polar surface area (TPSA) is 68.2 Å². The molecule has 1 N–H and O–H groups in total. The number of thiazole rings is 1. The van der Waals surface area contributed by atoms with Gasteiger partial charge in [-0.05, 0) is 49.6 Å². The molecule has 0 saturated carbocycles. The van der Waals surface area contributed by atoms with Gasteiger partial charge in [0.05, 0.1) is 15.1 Å². The van der Waals surface area contributed by atoms with E-state index in [0.717, 1.165) is 28.0 Å². The summed E-state index contributed by atoms with van der Waals surface area (Å²) in [6.45, 7) is 6.39. The van der Waals surface area contributed by atoms with Crippen molar-refractivity contribution in [1.82, 2.24) is 9.29 Å². The highest BCUT2D eigenvalue weighted by molar-refractivity contribution is 7.89. The molecule has 26 heavy (non-hydrogen) atoms. The first-order chi connectivity index (χ1) is 12.4. The minimum Gasteiger partial charge on any atom is -0.299 e. The van der Waals surface area contributed by atoms with Crippen LogP contribution in [0.4, 0.5) is 0 Å². The van der Waals surface area contributed by atoms with Gasteiger partial charge in [0.1, 0.15) is 0 Å². The Bertz CT molecular complexity index is 1100. The van der Waals surface area contributed by atoms with E-state index in [1.54, 1.807) is 22.8 Å². The summed E-state index contributed by atoms with van der Waals surface area (Å²) in [5.74, 6) is 0. The molecule has 2 aromatic carbocycles. The SMILES string of the molecule is CCC(NS(=O)(=O)c1ccc2c(c1)sc(=O)n2CC)c1ccccc1C. The second-order valence-electron chi connectivity index (χ2n) is 6.18. The summed E-state index contributed by atoms with van der Waals surface area (Å²) >= 11 is 1.07. The van der Waals surface area contributed by atoms with Gasteiger partial charge in [0, 0.05) is 12.6 Å². The molecule has 3 rings (SSSR count). The summed E-state index contributed by atoms with van der Waals surface area (Å²) < 4.78 is 30.9. The highest BCUT2D eigenvalue weighted by Crippen LogP contribution is 2.25. The highest BCUT2D eigenvalue weighted by Gasteiger charge is 2.22. The van der Waals surface area contributed by atoms with Crippen LogP contribution in [0, 0.1) is 6.92 Å². The number of aryl methyl sites for hydroxylation is 2. The summed E-state index contributed by atoms with van der Waals surface area (Å²) in [6, 6.07) is 12.3. The Morgan fingerprint density at radius 2 is 1.88 bits per heavy atom. The Hall–Kier alpha value is -1.96. The van der Waals surface area contributed by atoms with Crippen LogP contribution in [-0.4, -0.2) is 13.0 Å². The van der Waals surface area contributed by atoms with Crippen molar-refractivity contribution in [1.29, 1.82) is 0 Å². The van der Waals surface area contributed by atoms with Crippen molar-refractivity contribution < 1.29 is 8.42 Å². The molecule has 0 aliphatic rings. The number of nitrogens with zero attached hydrogens (tertiary/aromatic N) is 1. The van der Waals surface area contributed by atoms with Crippen LogP contribution in [0.3, 0.4) is 0 Å². The molecule has 7 heteroatoms. The number of rotatable bonds is 6. The van der Waals surface area contributed by atoms with Crippen molar-refractivity contribution in [2.24, 2.45) is 0 Å². The Balaban J connectivity index is 1.98. The molecule has 0 saturated heterocycles. The van der Waals surface area contributed by atoms with Crippen molar-refractivity contribution in [3.05, 3.63) is 63.3 Å². The van der Waals surface area contributed by atoms with E-state index in [-0.39, 0.29) is 15.8 Å². The van der Waals surface area contributed by atoms with Crippen LogP contribution >= 0.6 is 11.3 Å². The average molecular weight is 391 g/mol. The molecule has 5 nitrogen and oxygen atoms in total. The zero-order valence-corrected chi connectivity index (χ0v) is 16.7. The van der Waals surface area contributed by atoms with Gasteiger partial charge in [-0.25, -0.2) is 13.1 Å². The average Bonchev–Trinajstić information content (AvgIpc) is 2.94. The Morgan fingerprint density at radius 3 is 2.54 bits per heavy atom. The van der Waals surface area contributed by atoms with Crippen LogP contribution in [0.5, 0.6) is 0 Å². The molecule has 1 aromatic heterocycles. The van der Waals surface area contributed by atoms with Gasteiger partial charge in [0.25, 0.3) is 0 Å². The Kier molecular flexibility index (Phi) is 5.32. The normalized spacial score (nSPS) is 13.2. The van der Waals surface area contributed by atoms with Gasteiger partial charge in [-0.2, -0.15) is 0 Å². The maximum absolute atomic E-state index is 12.9. The Labute approximate surface area is 157 Å². The van der Waals surface area contributed by atoms with Gasteiger partial charge in [0.2, 0.25) is 10.0 Å².